The molecule has 0 saturated carbocycles. The lowest BCUT2D eigenvalue weighted by Gasteiger charge is -2.21. The predicted molar refractivity (Wildman–Crippen MR) is 427 cm³/mol. The smallest absolute Gasteiger partial charge is 0.462 e. The van der Waals surface area contributed by atoms with Crippen LogP contribution in [0, 0.1) is 0 Å². The lowest BCUT2D eigenvalue weighted by Crippen LogP contribution is -2.30. The van der Waals surface area contributed by atoms with Gasteiger partial charge in [-0.3, -0.25) is 37.3 Å². The Morgan fingerprint density at radius 3 is 0.788 bits per heavy atom. The number of rotatable bonds is 75. The summed E-state index contributed by atoms with van der Waals surface area (Å²) in [5.41, 5.74) is 0. The van der Waals surface area contributed by atoms with E-state index < -0.39 is 97.5 Å². The summed E-state index contributed by atoms with van der Waals surface area (Å²) in [7, 11) is -9.98. The summed E-state index contributed by atoms with van der Waals surface area (Å²) in [6.45, 7) is 4.49. The van der Waals surface area contributed by atoms with Crippen molar-refractivity contribution < 1.29 is 80.2 Å². The van der Waals surface area contributed by atoms with Crippen molar-refractivity contribution in [2.75, 3.05) is 39.6 Å². The van der Waals surface area contributed by atoms with Crippen LogP contribution in [0.1, 0.15) is 323 Å². The second-order valence-corrected chi connectivity index (χ2v) is 29.5. The van der Waals surface area contributed by atoms with Crippen LogP contribution in [0.5, 0.6) is 0 Å². The van der Waals surface area contributed by atoms with Crippen molar-refractivity contribution in [3.63, 3.8) is 0 Å². The van der Waals surface area contributed by atoms with E-state index >= 15 is 0 Å². The molecular formula is C85H144O17P2. The van der Waals surface area contributed by atoms with Crippen molar-refractivity contribution in [2.24, 2.45) is 0 Å². The number of unbranched alkanes of at least 4 members (excludes halogenated alkanes) is 27. The third-order valence-electron chi connectivity index (χ3n) is 16.6. The maximum atomic E-state index is 13.1. The molecule has 0 aromatic carbocycles. The normalized spacial score (nSPS) is 14.6. The molecule has 0 aliphatic carbocycles. The number of esters is 4. The van der Waals surface area contributed by atoms with Crippen LogP contribution in [-0.2, 0) is 65.4 Å². The van der Waals surface area contributed by atoms with Crippen LogP contribution in [0.15, 0.2) is 134 Å². The molecule has 3 N–H and O–H groups in total. The van der Waals surface area contributed by atoms with Crippen molar-refractivity contribution in [2.45, 2.75) is 341 Å². The topological polar surface area (TPSA) is 237 Å². The number of carbonyl (C=O) groups excluding carboxylic acids is 4. The minimum atomic E-state index is -4.99. The second kappa shape index (κ2) is 76.4. The summed E-state index contributed by atoms with van der Waals surface area (Å²) in [5, 5.41) is 10.6. The van der Waals surface area contributed by atoms with E-state index in [4.69, 9.17) is 37.0 Å². The number of hydrogen-bond acceptors (Lipinski definition) is 15. The first-order chi connectivity index (χ1) is 50.7. The standard InChI is InChI=1S/C85H144O17P2/c1-5-9-13-17-21-25-29-33-36-38-39-41-43-47-50-54-58-62-66-70-83(88)96-76-81(102-85(90)72-68-64-60-56-52-48-44-40-37-34-30-26-22-18-14-10-6-2)78-100-104(93,94)98-74-79(86)73-97-103(91,92)99-77-80(101-84(89)71-67-63-59-55-51-45-32-28-24-20-16-12-8-4)75-95-82(87)69-65-61-57-53-49-46-42-35-31-27-23-19-15-11-7-3/h9-11,13-15,21-23,25-27,33-37,39,41-42,49,53,79-81,86H,5-8,12,16-20,24,28-32,38,40,43-48,50-52,54-78H2,1-4H3,(H,91,92)(H,93,94)/b13-9-,14-10-,15-11-,25-21-,26-22-,27-23-,36-33-,37-34-,41-39-,42-35-,53-49-. The number of allylic oxidation sites excluding steroid dienone is 22. The van der Waals surface area contributed by atoms with E-state index in [-0.39, 0.29) is 25.7 Å². The average Bonchev–Trinajstić information content (AvgIpc) is 0.911. The molecule has 0 heterocycles. The SMILES string of the molecule is CC/C=C\C/C=C\C/C=C\C/C=C\CCCCCCCCC(=O)OCC(COP(=O)(O)OCC(O)COP(=O)(O)OCC(COC(=O)CCCC/C=C\C/C=C\C/C=C\C/C=C\CC)OC(=O)CCCCCCCCCCCCCCC)OC(=O)CCCCCCCCC/C=C\C/C=C\C/C=C\CC. The maximum Gasteiger partial charge on any atom is 0.472 e. The first-order valence-corrected chi connectivity index (χ1v) is 43.4. The highest BCUT2D eigenvalue weighted by Gasteiger charge is 2.30. The number of aliphatic hydroxyl groups excluding tert-OH is 1. The molecule has 0 spiro atoms. The van der Waals surface area contributed by atoms with E-state index in [1.165, 1.54) is 51.4 Å². The first-order valence-electron chi connectivity index (χ1n) is 40.4. The highest BCUT2D eigenvalue weighted by molar-refractivity contribution is 7.47. The molecule has 0 aliphatic rings. The van der Waals surface area contributed by atoms with Gasteiger partial charge in [-0.05, 0) is 135 Å². The van der Waals surface area contributed by atoms with Crippen molar-refractivity contribution >= 4 is 39.5 Å². The van der Waals surface area contributed by atoms with Gasteiger partial charge >= 0.3 is 39.5 Å². The zero-order valence-electron chi connectivity index (χ0n) is 65.2. The van der Waals surface area contributed by atoms with E-state index in [1.807, 2.05) is 0 Å². The summed E-state index contributed by atoms with van der Waals surface area (Å²) in [6.07, 6.45) is 85.7. The molecule has 104 heavy (non-hydrogen) atoms. The highest BCUT2D eigenvalue weighted by atomic mass is 31.2. The third kappa shape index (κ3) is 75.4. The Kier molecular flexibility index (Phi) is 72.9. The molecule has 596 valence electrons. The molecule has 0 aromatic rings. The molecule has 0 aliphatic heterocycles. The minimum absolute atomic E-state index is 0.0767. The zero-order valence-corrected chi connectivity index (χ0v) is 66.9. The Morgan fingerprint density at radius 1 is 0.279 bits per heavy atom. The van der Waals surface area contributed by atoms with Crippen LogP contribution < -0.4 is 0 Å². The second-order valence-electron chi connectivity index (χ2n) is 26.6. The fourth-order valence-corrected chi connectivity index (χ4v) is 12.1. The predicted octanol–water partition coefficient (Wildman–Crippen LogP) is 23.7. The Hall–Kier alpha value is -4.80. The number of carbonyl (C=O) groups is 4. The summed E-state index contributed by atoms with van der Waals surface area (Å²) < 4.78 is 68.6. The van der Waals surface area contributed by atoms with Crippen LogP contribution in [0.3, 0.4) is 0 Å². The average molecular weight is 1500 g/mol. The number of hydrogen-bond donors (Lipinski definition) is 3. The van der Waals surface area contributed by atoms with Gasteiger partial charge in [-0.2, -0.15) is 0 Å². The van der Waals surface area contributed by atoms with E-state index in [0.29, 0.717) is 25.7 Å². The van der Waals surface area contributed by atoms with Crippen molar-refractivity contribution in [3.8, 4) is 0 Å². The fourth-order valence-electron chi connectivity index (χ4n) is 10.6. The summed E-state index contributed by atoms with van der Waals surface area (Å²) in [4.78, 5) is 73.1. The van der Waals surface area contributed by atoms with Crippen LogP contribution in [0.2, 0.25) is 0 Å². The number of ether oxygens (including phenoxy) is 4. The van der Waals surface area contributed by atoms with Crippen LogP contribution in [0.4, 0.5) is 0 Å². The van der Waals surface area contributed by atoms with Crippen molar-refractivity contribution in [1.29, 1.82) is 0 Å². The van der Waals surface area contributed by atoms with E-state index in [9.17, 15) is 43.2 Å². The molecule has 17 nitrogen and oxygen atoms in total. The molecule has 0 amide bonds. The van der Waals surface area contributed by atoms with Gasteiger partial charge in [-0.1, -0.05) is 296 Å². The molecule has 19 heteroatoms. The van der Waals surface area contributed by atoms with Gasteiger partial charge < -0.3 is 33.8 Å². The van der Waals surface area contributed by atoms with Crippen LogP contribution >= 0.6 is 15.6 Å². The molecule has 5 atom stereocenters. The van der Waals surface area contributed by atoms with E-state index in [1.54, 1.807) is 0 Å². The van der Waals surface area contributed by atoms with Gasteiger partial charge in [-0.25, -0.2) is 9.13 Å². The molecule has 0 fully saturated rings. The number of phosphoric acid groups is 2. The molecular weight excluding hydrogens is 1350 g/mol. The third-order valence-corrected chi connectivity index (χ3v) is 18.5. The van der Waals surface area contributed by atoms with E-state index in [0.717, 1.165) is 193 Å². The Balaban J connectivity index is 5.40. The lowest BCUT2D eigenvalue weighted by atomic mass is 10.0. The van der Waals surface area contributed by atoms with Gasteiger partial charge in [0.2, 0.25) is 0 Å². The fraction of sp³-hybridized carbons (Fsp3) is 0.694. The number of phosphoric ester groups is 2. The van der Waals surface area contributed by atoms with Gasteiger partial charge in [0.05, 0.1) is 26.4 Å². The first kappa shape index (κ1) is 99.2. The largest absolute Gasteiger partial charge is 0.472 e. The molecule has 0 saturated heterocycles. The molecule has 0 aromatic heterocycles. The van der Waals surface area contributed by atoms with Gasteiger partial charge in [0.1, 0.15) is 19.3 Å². The van der Waals surface area contributed by atoms with Gasteiger partial charge in [0.25, 0.3) is 0 Å². The Labute approximate surface area is 631 Å². The van der Waals surface area contributed by atoms with Gasteiger partial charge in [0, 0.05) is 25.7 Å². The Morgan fingerprint density at radius 2 is 0.500 bits per heavy atom. The number of aliphatic hydroxyl groups is 1. The molecule has 0 radical (unpaired) electrons. The maximum absolute atomic E-state index is 13.1. The monoisotopic (exact) mass is 1500 g/mol. The zero-order chi connectivity index (χ0) is 76.0. The molecule has 0 rings (SSSR count). The highest BCUT2D eigenvalue weighted by Crippen LogP contribution is 2.45. The minimum Gasteiger partial charge on any atom is -0.462 e. The summed E-state index contributed by atoms with van der Waals surface area (Å²) in [6, 6.07) is 0. The molecule has 5 unspecified atom stereocenters. The summed E-state index contributed by atoms with van der Waals surface area (Å²) in [5.74, 6) is -2.24. The van der Waals surface area contributed by atoms with E-state index in [2.05, 4.69) is 161 Å². The quantitative estimate of drug-likeness (QED) is 0.0169. The summed E-state index contributed by atoms with van der Waals surface area (Å²) >= 11 is 0. The van der Waals surface area contributed by atoms with Crippen molar-refractivity contribution in [3.05, 3.63) is 134 Å². The van der Waals surface area contributed by atoms with Crippen LogP contribution in [-0.4, -0.2) is 96.7 Å². The van der Waals surface area contributed by atoms with Crippen LogP contribution in [0.25, 0.3) is 0 Å². The Bertz CT molecular complexity index is 2490. The van der Waals surface area contributed by atoms with Gasteiger partial charge in [-0.15, -0.1) is 0 Å². The van der Waals surface area contributed by atoms with Gasteiger partial charge in [0.15, 0.2) is 12.2 Å². The van der Waals surface area contributed by atoms with Crippen molar-refractivity contribution in [1.82, 2.24) is 0 Å². The molecule has 0 bridgehead atoms. The lowest BCUT2D eigenvalue weighted by molar-refractivity contribution is -0.161.